The fraction of sp³-hybridized carbons (Fsp3) is 0.429. The largest absolute Gasteiger partial charge is 0.481 e. The molecule has 0 radical (unpaired) electrons. The molecule has 2 fully saturated rings. The smallest absolute Gasteiger partial charge is 0.306 e. The molecule has 2 aromatic carbocycles. The number of aliphatic carboxylic acids is 1. The summed E-state index contributed by atoms with van der Waals surface area (Å²) in [5.74, 6) is -1.15. The predicted octanol–water partition coefficient (Wildman–Crippen LogP) is 5.96. The van der Waals surface area contributed by atoms with Crippen LogP contribution in [0.2, 0.25) is 0 Å². The Bertz CT molecular complexity index is 1200. The highest BCUT2D eigenvalue weighted by molar-refractivity contribution is 5.98. The zero-order chi connectivity index (χ0) is 23.8. The van der Waals surface area contributed by atoms with Crippen molar-refractivity contribution in [1.29, 1.82) is 0 Å². The van der Waals surface area contributed by atoms with E-state index in [0.717, 1.165) is 59.7 Å². The lowest BCUT2D eigenvalue weighted by Gasteiger charge is -2.46. The van der Waals surface area contributed by atoms with Crippen molar-refractivity contribution in [3.8, 4) is 11.1 Å². The number of halogens is 1. The minimum Gasteiger partial charge on any atom is -0.481 e. The second-order valence-corrected chi connectivity index (χ2v) is 9.92. The standard InChI is InChI=1S/C28H31FN2O3/c1-17(15-26(32)31-14-4-7-21-22(28(33)34)6-3-9-25(21)31)23-16-30-24-8-2-5-20(27(23)24)18-10-12-19(29)13-11-18/h2,5,8,10-13,16-17,21-22,25,30H,3-4,6-7,9,14-15H2,1H3,(H,33,34)/t17-,21?,22?,25?/m1/s1. The molecule has 0 bridgehead atoms. The molecule has 1 aliphatic carbocycles. The Kier molecular flexibility index (Phi) is 6.15. The number of fused-ring (bicyclic) bond motifs is 2. The van der Waals surface area contributed by atoms with Gasteiger partial charge in [-0.25, -0.2) is 4.39 Å². The average molecular weight is 463 g/mol. The third kappa shape index (κ3) is 4.10. The zero-order valence-corrected chi connectivity index (χ0v) is 19.5. The summed E-state index contributed by atoms with van der Waals surface area (Å²) in [6, 6.07) is 12.6. The van der Waals surface area contributed by atoms with Crippen LogP contribution in [-0.2, 0) is 9.59 Å². The van der Waals surface area contributed by atoms with Gasteiger partial charge in [-0.15, -0.1) is 0 Å². The maximum atomic E-state index is 13.5. The van der Waals surface area contributed by atoms with Gasteiger partial charge in [0.1, 0.15) is 5.82 Å². The molecule has 5 rings (SSSR count). The van der Waals surface area contributed by atoms with Crippen molar-refractivity contribution in [3.63, 3.8) is 0 Å². The Morgan fingerprint density at radius 2 is 1.91 bits per heavy atom. The van der Waals surface area contributed by atoms with E-state index in [2.05, 4.69) is 11.9 Å². The van der Waals surface area contributed by atoms with Crippen LogP contribution in [0.4, 0.5) is 4.39 Å². The van der Waals surface area contributed by atoms with Crippen LogP contribution in [0.3, 0.4) is 0 Å². The summed E-state index contributed by atoms with van der Waals surface area (Å²) >= 11 is 0. The summed E-state index contributed by atoms with van der Waals surface area (Å²) in [6.45, 7) is 2.79. The molecule has 2 N–H and O–H groups in total. The minimum absolute atomic E-state index is 0.0120. The van der Waals surface area contributed by atoms with Crippen molar-refractivity contribution in [1.82, 2.24) is 9.88 Å². The lowest BCUT2D eigenvalue weighted by molar-refractivity contribution is -0.152. The Morgan fingerprint density at radius 3 is 2.68 bits per heavy atom. The first-order valence-corrected chi connectivity index (χ1v) is 12.3. The third-order valence-electron chi connectivity index (χ3n) is 7.90. The average Bonchev–Trinajstić information content (AvgIpc) is 3.28. The number of aromatic nitrogens is 1. The van der Waals surface area contributed by atoms with E-state index in [9.17, 15) is 19.1 Å². The van der Waals surface area contributed by atoms with Crippen LogP contribution < -0.4 is 0 Å². The zero-order valence-electron chi connectivity index (χ0n) is 19.5. The number of amides is 1. The first-order valence-electron chi connectivity index (χ1n) is 12.3. The highest BCUT2D eigenvalue weighted by atomic mass is 19.1. The second-order valence-electron chi connectivity index (χ2n) is 9.92. The van der Waals surface area contributed by atoms with Crippen LogP contribution in [0.25, 0.3) is 22.0 Å². The van der Waals surface area contributed by atoms with Crippen LogP contribution in [0, 0.1) is 17.7 Å². The monoisotopic (exact) mass is 462 g/mol. The molecule has 1 aliphatic heterocycles. The number of H-pyrrole nitrogens is 1. The van der Waals surface area contributed by atoms with Gasteiger partial charge in [0.05, 0.1) is 5.92 Å². The van der Waals surface area contributed by atoms with E-state index in [0.29, 0.717) is 13.0 Å². The SMILES string of the molecule is C[C@H](CC(=O)N1CCCC2C(C(=O)O)CCCC21)c1c[nH]c2cccc(-c3ccc(F)cc3)c12. The van der Waals surface area contributed by atoms with E-state index in [1.165, 1.54) is 12.1 Å². The van der Waals surface area contributed by atoms with Crippen LogP contribution in [0.5, 0.6) is 0 Å². The molecule has 3 aromatic rings. The van der Waals surface area contributed by atoms with Crippen LogP contribution >= 0.6 is 0 Å². The summed E-state index contributed by atoms with van der Waals surface area (Å²) in [5.41, 5.74) is 4.02. The predicted molar refractivity (Wildman–Crippen MR) is 130 cm³/mol. The van der Waals surface area contributed by atoms with E-state index in [1.807, 2.05) is 29.3 Å². The normalized spacial score (nSPS) is 23.5. The molecule has 6 heteroatoms. The summed E-state index contributed by atoms with van der Waals surface area (Å²) < 4.78 is 13.5. The van der Waals surface area contributed by atoms with Crippen molar-refractivity contribution >= 4 is 22.8 Å². The fourth-order valence-corrected chi connectivity index (χ4v) is 6.26. The summed E-state index contributed by atoms with van der Waals surface area (Å²) in [6.07, 6.45) is 6.60. The molecule has 2 aliphatic rings. The molecule has 34 heavy (non-hydrogen) atoms. The Morgan fingerprint density at radius 1 is 1.12 bits per heavy atom. The van der Waals surface area contributed by atoms with Crippen molar-refractivity contribution in [2.24, 2.45) is 11.8 Å². The number of nitrogens with one attached hydrogen (secondary N) is 1. The van der Waals surface area contributed by atoms with Gasteiger partial charge >= 0.3 is 5.97 Å². The van der Waals surface area contributed by atoms with Gasteiger partial charge in [-0.1, -0.05) is 37.6 Å². The number of piperidine rings is 1. The molecule has 3 unspecified atom stereocenters. The number of carbonyl (C=O) groups excluding carboxylic acids is 1. The van der Waals surface area contributed by atoms with Crippen molar-refractivity contribution in [2.45, 2.75) is 57.4 Å². The van der Waals surface area contributed by atoms with Crippen molar-refractivity contribution < 1.29 is 19.1 Å². The number of carboxylic acids is 1. The molecule has 178 valence electrons. The van der Waals surface area contributed by atoms with Crippen LogP contribution in [0.1, 0.15) is 56.9 Å². The second kappa shape index (κ2) is 9.24. The van der Waals surface area contributed by atoms with Crippen LogP contribution in [-0.4, -0.2) is 39.5 Å². The first-order chi connectivity index (χ1) is 16.4. The molecule has 0 spiro atoms. The lowest BCUT2D eigenvalue weighted by Crippen LogP contribution is -2.53. The Hall–Kier alpha value is -3.15. The molecule has 4 atom stereocenters. The molecular weight excluding hydrogens is 431 g/mol. The molecule has 1 saturated carbocycles. The number of carbonyl (C=O) groups is 2. The molecule has 5 nitrogen and oxygen atoms in total. The number of carboxylic acid groups (broad SMARTS) is 1. The Balaban J connectivity index is 1.40. The summed E-state index contributed by atoms with van der Waals surface area (Å²) in [7, 11) is 0. The van der Waals surface area contributed by atoms with Crippen LogP contribution in [0.15, 0.2) is 48.7 Å². The number of hydrogen-bond acceptors (Lipinski definition) is 2. The van der Waals surface area contributed by atoms with E-state index >= 15 is 0 Å². The van der Waals surface area contributed by atoms with Crippen molar-refractivity contribution in [3.05, 3.63) is 60.0 Å². The van der Waals surface area contributed by atoms with E-state index < -0.39 is 5.97 Å². The molecule has 2 heterocycles. The molecular formula is C28H31FN2O3. The number of hydrogen-bond donors (Lipinski definition) is 2. The van der Waals surface area contributed by atoms with E-state index in [-0.39, 0.29) is 35.5 Å². The number of likely N-dealkylation sites (tertiary alicyclic amines) is 1. The minimum atomic E-state index is -0.718. The first kappa shape index (κ1) is 22.6. The lowest BCUT2D eigenvalue weighted by atomic mass is 9.71. The van der Waals surface area contributed by atoms with Gasteiger partial charge in [0.2, 0.25) is 5.91 Å². The van der Waals surface area contributed by atoms with E-state index in [1.54, 1.807) is 12.1 Å². The maximum absolute atomic E-state index is 13.5. The highest BCUT2D eigenvalue weighted by Crippen LogP contribution is 2.41. The van der Waals surface area contributed by atoms with Gasteiger partial charge in [-0.3, -0.25) is 9.59 Å². The molecule has 1 aromatic heterocycles. The highest BCUT2D eigenvalue weighted by Gasteiger charge is 2.43. The fourth-order valence-electron chi connectivity index (χ4n) is 6.26. The summed E-state index contributed by atoms with van der Waals surface area (Å²) in [5, 5.41) is 10.7. The number of nitrogens with zero attached hydrogens (tertiary/aromatic N) is 1. The quantitative estimate of drug-likeness (QED) is 0.491. The van der Waals surface area contributed by atoms with Gasteiger partial charge in [-0.05, 0) is 72.4 Å². The third-order valence-corrected chi connectivity index (χ3v) is 7.90. The van der Waals surface area contributed by atoms with Gasteiger partial charge in [0.25, 0.3) is 0 Å². The molecule has 1 saturated heterocycles. The topological polar surface area (TPSA) is 73.4 Å². The van der Waals surface area contributed by atoms with Gasteiger partial charge in [0, 0.05) is 36.1 Å². The van der Waals surface area contributed by atoms with Gasteiger partial charge in [0.15, 0.2) is 0 Å². The van der Waals surface area contributed by atoms with Gasteiger partial charge < -0.3 is 15.0 Å². The van der Waals surface area contributed by atoms with Gasteiger partial charge in [-0.2, -0.15) is 0 Å². The van der Waals surface area contributed by atoms with Crippen molar-refractivity contribution in [2.75, 3.05) is 6.54 Å². The maximum Gasteiger partial charge on any atom is 0.306 e. The number of benzene rings is 2. The summed E-state index contributed by atoms with van der Waals surface area (Å²) in [4.78, 5) is 30.6. The molecule has 1 amide bonds. The number of rotatable bonds is 5. The Labute approximate surface area is 199 Å². The van der Waals surface area contributed by atoms with E-state index in [4.69, 9.17) is 0 Å². The number of aromatic amines is 1.